The lowest BCUT2D eigenvalue weighted by Crippen LogP contribution is -2.42. The molecule has 4 nitrogen and oxygen atoms in total. The van der Waals surface area contributed by atoms with Gasteiger partial charge in [-0.2, -0.15) is 26.3 Å². The third kappa shape index (κ3) is 5.48. The zero-order valence-corrected chi connectivity index (χ0v) is 13.9. The van der Waals surface area contributed by atoms with E-state index in [1.165, 1.54) is 0 Å². The van der Waals surface area contributed by atoms with Gasteiger partial charge >= 0.3 is 18.3 Å². The van der Waals surface area contributed by atoms with Crippen molar-refractivity contribution in [1.29, 1.82) is 0 Å². The lowest BCUT2D eigenvalue weighted by Gasteiger charge is -2.16. The number of carboxylic acids is 1. The van der Waals surface area contributed by atoms with Gasteiger partial charge in [-0.1, -0.05) is 12.1 Å². The minimum atomic E-state index is -4.58. The molecular formula is C18H13F6NO3. The molecule has 0 aliphatic rings. The van der Waals surface area contributed by atoms with E-state index in [1.807, 2.05) is 0 Å². The summed E-state index contributed by atoms with van der Waals surface area (Å²) in [4.78, 5) is 23.4. The largest absolute Gasteiger partial charge is 0.480 e. The van der Waals surface area contributed by atoms with E-state index in [9.17, 15) is 41.0 Å². The molecule has 1 atom stereocenters. The zero-order valence-electron chi connectivity index (χ0n) is 13.9. The van der Waals surface area contributed by atoms with Crippen molar-refractivity contribution in [3.05, 3.63) is 70.8 Å². The first-order valence-corrected chi connectivity index (χ1v) is 7.75. The number of nitrogens with one attached hydrogen (secondary N) is 1. The highest BCUT2D eigenvalue weighted by Crippen LogP contribution is 2.30. The number of rotatable bonds is 5. The van der Waals surface area contributed by atoms with Crippen molar-refractivity contribution in [1.82, 2.24) is 5.32 Å². The lowest BCUT2D eigenvalue weighted by molar-refractivity contribution is -0.139. The van der Waals surface area contributed by atoms with E-state index in [2.05, 4.69) is 5.32 Å². The highest BCUT2D eigenvalue weighted by Gasteiger charge is 2.31. The molecule has 10 heteroatoms. The second kappa shape index (κ2) is 7.91. The molecule has 0 saturated heterocycles. The van der Waals surface area contributed by atoms with Crippen LogP contribution in [0.3, 0.4) is 0 Å². The topological polar surface area (TPSA) is 66.4 Å². The van der Waals surface area contributed by atoms with Crippen LogP contribution in [0.2, 0.25) is 0 Å². The highest BCUT2D eigenvalue weighted by atomic mass is 19.4. The second-order valence-corrected chi connectivity index (χ2v) is 5.84. The molecule has 0 unspecified atom stereocenters. The first-order valence-electron chi connectivity index (χ1n) is 7.75. The van der Waals surface area contributed by atoms with Crippen molar-refractivity contribution in [3.63, 3.8) is 0 Å². The molecule has 0 spiro atoms. The Balaban J connectivity index is 2.10. The van der Waals surface area contributed by atoms with Crippen molar-refractivity contribution in [2.24, 2.45) is 0 Å². The summed E-state index contributed by atoms with van der Waals surface area (Å²) in [5.74, 6) is -2.37. The first-order chi connectivity index (χ1) is 12.9. The van der Waals surface area contributed by atoms with E-state index in [0.717, 1.165) is 36.4 Å². The van der Waals surface area contributed by atoms with Crippen LogP contribution in [0.1, 0.15) is 27.0 Å². The van der Waals surface area contributed by atoms with Crippen LogP contribution in [0, 0.1) is 0 Å². The van der Waals surface area contributed by atoms with Crippen LogP contribution in [-0.2, 0) is 23.6 Å². The summed E-state index contributed by atoms with van der Waals surface area (Å²) in [6.07, 6.45) is -9.43. The van der Waals surface area contributed by atoms with Gasteiger partial charge in [0.05, 0.1) is 11.1 Å². The summed E-state index contributed by atoms with van der Waals surface area (Å²) in [5.41, 5.74) is -1.83. The summed E-state index contributed by atoms with van der Waals surface area (Å²) in [5, 5.41) is 11.4. The third-order valence-electron chi connectivity index (χ3n) is 3.80. The van der Waals surface area contributed by atoms with Gasteiger partial charge in [-0.25, -0.2) is 4.79 Å². The van der Waals surface area contributed by atoms with Gasteiger partial charge in [0.15, 0.2) is 0 Å². The SMILES string of the molecule is O=C(N[C@H](Cc1ccc(C(F)(F)F)cc1)C(=O)O)c1ccc(C(F)(F)F)cc1. The number of carbonyl (C=O) groups excluding carboxylic acids is 1. The Morgan fingerprint density at radius 3 is 1.64 bits per heavy atom. The molecule has 0 heterocycles. The molecule has 0 aliphatic carbocycles. The Hall–Kier alpha value is -3.04. The van der Waals surface area contributed by atoms with Crippen molar-refractivity contribution >= 4 is 11.9 Å². The van der Waals surface area contributed by atoms with Crippen molar-refractivity contribution in [2.75, 3.05) is 0 Å². The second-order valence-electron chi connectivity index (χ2n) is 5.84. The molecule has 150 valence electrons. The molecule has 1 amide bonds. The first kappa shape index (κ1) is 21.3. The maximum atomic E-state index is 12.6. The molecule has 0 aromatic heterocycles. The van der Waals surface area contributed by atoms with E-state index >= 15 is 0 Å². The van der Waals surface area contributed by atoms with Crippen molar-refractivity contribution in [2.45, 2.75) is 24.8 Å². The molecule has 2 rings (SSSR count). The highest BCUT2D eigenvalue weighted by molar-refractivity contribution is 5.96. The van der Waals surface area contributed by atoms with Gasteiger partial charge in [0.25, 0.3) is 5.91 Å². The van der Waals surface area contributed by atoms with Crippen molar-refractivity contribution in [3.8, 4) is 0 Å². The average molecular weight is 405 g/mol. The fraction of sp³-hybridized carbons (Fsp3) is 0.222. The lowest BCUT2D eigenvalue weighted by atomic mass is 10.0. The Kier molecular flexibility index (Phi) is 6.01. The Morgan fingerprint density at radius 1 is 0.821 bits per heavy atom. The quantitative estimate of drug-likeness (QED) is 0.735. The normalized spacial score (nSPS) is 13.1. The summed E-state index contributed by atoms with van der Waals surface area (Å²) in [7, 11) is 0. The van der Waals surface area contributed by atoms with E-state index < -0.39 is 41.4 Å². The molecule has 0 bridgehead atoms. The van der Waals surface area contributed by atoms with Gasteiger partial charge in [0.1, 0.15) is 6.04 Å². The molecule has 0 aliphatic heterocycles. The van der Waals surface area contributed by atoms with E-state index in [4.69, 9.17) is 0 Å². The van der Waals surface area contributed by atoms with Crippen molar-refractivity contribution < 1.29 is 41.0 Å². The minimum Gasteiger partial charge on any atom is -0.480 e. The molecule has 0 fully saturated rings. The molecule has 2 aromatic rings. The number of hydrogen-bond acceptors (Lipinski definition) is 2. The Labute approximate surface area is 154 Å². The molecule has 0 saturated carbocycles. The van der Waals surface area contributed by atoms with E-state index in [-0.39, 0.29) is 17.5 Å². The van der Waals surface area contributed by atoms with Crippen LogP contribution in [0.25, 0.3) is 0 Å². The van der Waals surface area contributed by atoms with Gasteiger partial charge in [-0.05, 0) is 42.0 Å². The van der Waals surface area contributed by atoms with Gasteiger partial charge in [-0.3, -0.25) is 4.79 Å². The fourth-order valence-electron chi connectivity index (χ4n) is 2.32. The number of carboxylic acid groups (broad SMARTS) is 1. The maximum Gasteiger partial charge on any atom is 0.416 e. The van der Waals surface area contributed by atoms with Crippen LogP contribution in [0.15, 0.2) is 48.5 Å². The number of carbonyl (C=O) groups is 2. The van der Waals surface area contributed by atoms with Gasteiger partial charge in [0, 0.05) is 12.0 Å². The summed E-state index contributed by atoms with van der Waals surface area (Å²) >= 11 is 0. The number of aliphatic carboxylic acids is 1. The van der Waals surface area contributed by atoms with Gasteiger partial charge < -0.3 is 10.4 Å². The summed E-state index contributed by atoms with van der Waals surface area (Å²) in [6, 6.07) is 5.42. The third-order valence-corrected chi connectivity index (χ3v) is 3.80. The van der Waals surface area contributed by atoms with Crippen LogP contribution >= 0.6 is 0 Å². The minimum absolute atomic E-state index is 0.188. The Morgan fingerprint density at radius 2 is 1.25 bits per heavy atom. The monoisotopic (exact) mass is 405 g/mol. The van der Waals surface area contributed by atoms with Crippen LogP contribution in [0.5, 0.6) is 0 Å². The van der Waals surface area contributed by atoms with Crippen LogP contribution in [-0.4, -0.2) is 23.0 Å². The van der Waals surface area contributed by atoms with Gasteiger partial charge in [-0.15, -0.1) is 0 Å². The number of amides is 1. The summed E-state index contributed by atoms with van der Waals surface area (Å²) < 4.78 is 75.2. The molecule has 28 heavy (non-hydrogen) atoms. The smallest absolute Gasteiger partial charge is 0.416 e. The summed E-state index contributed by atoms with van der Waals surface area (Å²) in [6.45, 7) is 0. The Bertz CT molecular complexity index is 842. The standard InChI is InChI=1S/C18H13F6NO3/c19-17(20,21)12-5-1-10(2-6-12)9-14(16(27)28)25-15(26)11-3-7-13(8-4-11)18(22,23)24/h1-8,14H,9H2,(H,25,26)(H,27,28)/t14-/m1/s1. The van der Waals surface area contributed by atoms with Gasteiger partial charge in [0.2, 0.25) is 0 Å². The number of hydrogen-bond donors (Lipinski definition) is 2. The fourth-order valence-corrected chi connectivity index (χ4v) is 2.32. The maximum absolute atomic E-state index is 12.6. The van der Waals surface area contributed by atoms with Crippen LogP contribution < -0.4 is 5.32 Å². The number of benzene rings is 2. The molecule has 0 radical (unpaired) electrons. The number of halogens is 6. The number of alkyl halides is 6. The van der Waals surface area contributed by atoms with E-state index in [0.29, 0.717) is 12.1 Å². The molecular weight excluding hydrogens is 392 g/mol. The molecule has 2 aromatic carbocycles. The predicted molar refractivity (Wildman–Crippen MR) is 85.5 cm³/mol. The zero-order chi connectivity index (χ0) is 21.1. The average Bonchev–Trinajstić information content (AvgIpc) is 2.60. The van der Waals surface area contributed by atoms with Crippen LogP contribution in [0.4, 0.5) is 26.3 Å². The predicted octanol–water partition coefficient (Wildman–Crippen LogP) is 4.15. The van der Waals surface area contributed by atoms with E-state index in [1.54, 1.807) is 0 Å². The molecule has 2 N–H and O–H groups in total.